The van der Waals surface area contributed by atoms with E-state index in [0.29, 0.717) is 69.5 Å². The summed E-state index contributed by atoms with van der Waals surface area (Å²) in [4.78, 5) is 43.9. The van der Waals surface area contributed by atoms with Gasteiger partial charge in [-0.2, -0.15) is 0 Å². The summed E-state index contributed by atoms with van der Waals surface area (Å²) in [6.45, 7) is 6.68. The molecule has 0 bridgehead atoms. The number of nitrogens with one attached hydrogen (secondary N) is 2. The third kappa shape index (κ3) is 7.28. The number of anilines is 1. The Morgan fingerprint density at radius 1 is 0.896 bits per heavy atom. The van der Waals surface area contributed by atoms with Gasteiger partial charge in [0.1, 0.15) is 29.3 Å². The molecule has 5 heterocycles. The number of carboxylic acid groups (broad SMARTS) is 1. The number of hydrogen-bond donors (Lipinski definition) is 3. The molecular formula is C36H42ClN7O4. The molecule has 4 aromatic rings. The molecule has 0 aliphatic carbocycles. The van der Waals surface area contributed by atoms with Crippen molar-refractivity contribution in [1.82, 2.24) is 29.7 Å². The van der Waals surface area contributed by atoms with Crippen molar-refractivity contribution >= 4 is 40.3 Å². The lowest BCUT2D eigenvalue weighted by molar-refractivity contribution is 0.0720. The Morgan fingerprint density at radius 2 is 1.65 bits per heavy atom. The molecule has 11 nitrogen and oxygen atoms in total. The maximum absolute atomic E-state index is 13.8. The third-order valence-electron chi connectivity index (χ3n) is 10.2. The van der Waals surface area contributed by atoms with Crippen molar-refractivity contribution in [3.05, 3.63) is 77.2 Å². The van der Waals surface area contributed by atoms with Crippen molar-refractivity contribution in [2.24, 2.45) is 5.92 Å². The number of piperidine rings is 3. The number of nitrogens with zero attached hydrogens (tertiary/aromatic N) is 5. The van der Waals surface area contributed by atoms with Crippen molar-refractivity contribution in [1.29, 1.82) is 0 Å². The van der Waals surface area contributed by atoms with Crippen molar-refractivity contribution in [3.8, 4) is 11.5 Å². The molecule has 3 aliphatic heterocycles. The van der Waals surface area contributed by atoms with Crippen LogP contribution in [-0.2, 0) is 0 Å². The number of carbonyl (C=O) groups excluding carboxylic acids is 1. The number of rotatable bonds is 9. The molecule has 3 N–H and O–H groups in total. The van der Waals surface area contributed by atoms with E-state index in [4.69, 9.17) is 16.3 Å². The number of carbonyl (C=O) groups is 2. The highest BCUT2D eigenvalue weighted by Gasteiger charge is 2.31. The second-order valence-corrected chi connectivity index (χ2v) is 13.6. The maximum Gasteiger partial charge on any atom is 0.407 e. The van der Waals surface area contributed by atoms with E-state index in [0.717, 1.165) is 58.4 Å². The predicted octanol–water partition coefficient (Wildman–Crippen LogP) is 6.37. The summed E-state index contributed by atoms with van der Waals surface area (Å²) in [5.74, 6) is 2.30. The molecule has 252 valence electrons. The van der Waals surface area contributed by atoms with E-state index in [-0.39, 0.29) is 11.8 Å². The van der Waals surface area contributed by atoms with Crippen molar-refractivity contribution in [2.45, 2.75) is 50.6 Å². The SMILES string of the molecule is O=C(c1ccc(Oc2ccccc2)cc1Cl)c1c[nH]c2ncnc(NC3CCN(C4CCN(CC5CCN(C(=O)O)CC5)CC4)CC3)c12. The van der Waals surface area contributed by atoms with Crippen LogP contribution in [-0.4, -0.2) is 105 Å². The molecule has 1 amide bonds. The van der Waals surface area contributed by atoms with Crippen LogP contribution in [0, 0.1) is 5.92 Å². The van der Waals surface area contributed by atoms with E-state index in [1.165, 1.54) is 19.2 Å². The summed E-state index contributed by atoms with van der Waals surface area (Å²) in [5.41, 5.74) is 1.46. The quantitative estimate of drug-likeness (QED) is 0.174. The number of H-pyrrole nitrogens is 1. The predicted molar refractivity (Wildman–Crippen MR) is 185 cm³/mol. The number of halogens is 1. The second kappa shape index (κ2) is 14.5. The average molecular weight is 672 g/mol. The number of ether oxygens (including phenoxy) is 1. The summed E-state index contributed by atoms with van der Waals surface area (Å²) in [6, 6.07) is 15.4. The molecule has 48 heavy (non-hydrogen) atoms. The van der Waals surface area contributed by atoms with Gasteiger partial charge in [-0.05, 0) is 81.8 Å². The van der Waals surface area contributed by atoms with Crippen LogP contribution in [0.25, 0.3) is 11.0 Å². The minimum absolute atomic E-state index is 0.206. The Morgan fingerprint density at radius 3 is 2.35 bits per heavy atom. The number of hydrogen-bond acceptors (Lipinski definition) is 8. The third-order valence-corrected chi connectivity index (χ3v) is 10.5. The van der Waals surface area contributed by atoms with Gasteiger partial charge < -0.3 is 34.8 Å². The molecule has 0 atom stereocenters. The fraction of sp³-hybridized carbons (Fsp3) is 0.444. The number of likely N-dealkylation sites (tertiary alicyclic amines) is 3. The van der Waals surface area contributed by atoms with E-state index >= 15 is 0 Å². The maximum atomic E-state index is 13.8. The Balaban J connectivity index is 0.934. The molecule has 12 heteroatoms. The molecule has 0 spiro atoms. The zero-order valence-corrected chi connectivity index (χ0v) is 27.7. The monoisotopic (exact) mass is 671 g/mol. The molecule has 3 aliphatic rings. The fourth-order valence-electron chi connectivity index (χ4n) is 7.51. The molecule has 2 aromatic carbocycles. The zero-order valence-electron chi connectivity index (χ0n) is 27.0. The zero-order chi connectivity index (χ0) is 33.0. The molecule has 3 saturated heterocycles. The van der Waals surface area contributed by atoms with Gasteiger partial charge >= 0.3 is 6.09 Å². The van der Waals surface area contributed by atoms with Crippen LogP contribution >= 0.6 is 11.6 Å². The van der Waals surface area contributed by atoms with Crippen LogP contribution < -0.4 is 10.1 Å². The lowest BCUT2D eigenvalue weighted by Crippen LogP contribution is -2.50. The first-order valence-corrected chi connectivity index (χ1v) is 17.4. The van der Waals surface area contributed by atoms with Gasteiger partial charge in [0, 0.05) is 62.6 Å². The fourth-order valence-corrected chi connectivity index (χ4v) is 7.76. The largest absolute Gasteiger partial charge is 0.465 e. The molecule has 0 saturated carbocycles. The minimum atomic E-state index is -0.791. The van der Waals surface area contributed by atoms with Crippen LogP contribution in [0.5, 0.6) is 11.5 Å². The van der Waals surface area contributed by atoms with Crippen molar-refractivity contribution in [3.63, 3.8) is 0 Å². The smallest absolute Gasteiger partial charge is 0.407 e. The lowest BCUT2D eigenvalue weighted by Gasteiger charge is -2.43. The number of fused-ring (bicyclic) bond motifs is 1. The molecular weight excluding hydrogens is 630 g/mol. The van der Waals surface area contributed by atoms with Crippen LogP contribution in [0.15, 0.2) is 61.1 Å². The lowest BCUT2D eigenvalue weighted by atomic mass is 9.94. The summed E-state index contributed by atoms with van der Waals surface area (Å²) in [7, 11) is 0. The first kappa shape index (κ1) is 32.4. The first-order valence-electron chi connectivity index (χ1n) is 17.0. The standard InChI is InChI=1S/C36H42ClN7O4/c37-31-20-28(48-27-4-2-1-3-5-27)6-7-29(31)33(45)30-21-38-34-32(30)35(40-23-39-34)41-25-10-18-43(19-11-25)26-12-14-42(15-13-26)22-24-8-16-44(17-9-24)36(46)47/h1-7,20-21,23-26H,8-19,22H2,(H,46,47)(H2,38,39,40,41). The van der Waals surface area contributed by atoms with E-state index in [1.54, 1.807) is 29.3 Å². The number of benzene rings is 2. The Labute approximate surface area is 285 Å². The first-order chi connectivity index (χ1) is 23.4. The number of ketones is 1. The van der Waals surface area contributed by atoms with E-state index in [1.807, 2.05) is 30.3 Å². The summed E-state index contributed by atoms with van der Waals surface area (Å²) >= 11 is 6.61. The van der Waals surface area contributed by atoms with Crippen molar-refractivity contribution in [2.75, 3.05) is 51.1 Å². The number of amides is 1. The molecule has 3 fully saturated rings. The van der Waals surface area contributed by atoms with Crippen LogP contribution in [0.2, 0.25) is 5.02 Å². The van der Waals surface area contributed by atoms with Crippen molar-refractivity contribution < 1.29 is 19.4 Å². The number of aromatic nitrogens is 3. The topological polar surface area (TPSA) is 127 Å². The highest BCUT2D eigenvalue weighted by atomic mass is 35.5. The highest BCUT2D eigenvalue weighted by Crippen LogP contribution is 2.32. The second-order valence-electron chi connectivity index (χ2n) is 13.2. The molecule has 2 aromatic heterocycles. The Bertz CT molecular complexity index is 1730. The minimum Gasteiger partial charge on any atom is -0.465 e. The van der Waals surface area contributed by atoms with Gasteiger partial charge in [0.25, 0.3) is 0 Å². The van der Waals surface area contributed by atoms with Gasteiger partial charge in [-0.1, -0.05) is 29.8 Å². The summed E-state index contributed by atoms with van der Waals surface area (Å²) < 4.78 is 5.89. The average Bonchev–Trinajstić information content (AvgIpc) is 3.55. The van der Waals surface area contributed by atoms with Gasteiger partial charge in [0.2, 0.25) is 0 Å². The summed E-state index contributed by atoms with van der Waals surface area (Å²) in [6.07, 6.45) is 8.70. The van der Waals surface area contributed by atoms with Gasteiger partial charge in [0.05, 0.1) is 16.0 Å². The Hall–Kier alpha value is -4.19. The Kier molecular flexibility index (Phi) is 9.78. The summed E-state index contributed by atoms with van der Waals surface area (Å²) in [5, 5.41) is 13.8. The van der Waals surface area contributed by atoms with Crippen LogP contribution in [0.4, 0.5) is 10.6 Å². The molecule has 0 unspecified atom stereocenters. The van der Waals surface area contributed by atoms with Gasteiger partial charge in [0.15, 0.2) is 5.78 Å². The van der Waals surface area contributed by atoms with E-state index in [2.05, 4.69) is 30.1 Å². The number of para-hydroxylation sites is 1. The molecule has 7 rings (SSSR count). The van der Waals surface area contributed by atoms with Gasteiger partial charge in [-0.15, -0.1) is 0 Å². The number of aromatic amines is 1. The van der Waals surface area contributed by atoms with E-state index < -0.39 is 6.09 Å². The van der Waals surface area contributed by atoms with Crippen LogP contribution in [0.1, 0.15) is 54.4 Å². The van der Waals surface area contributed by atoms with E-state index in [9.17, 15) is 14.7 Å². The normalized spacial score (nSPS) is 19.1. The highest BCUT2D eigenvalue weighted by molar-refractivity contribution is 6.35. The van der Waals surface area contributed by atoms with Crippen LogP contribution in [0.3, 0.4) is 0 Å². The molecule has 0 radical (unpaired) electrons. The van der Waals surface area contributed by atoms with Gasteiger partial charge in [-0.3, -0.25) is 4.79 Å². The van der Waals surface area contributed by atoms with Gasteiger partial charge in [-0.25, -0.2) is 14.8 Å².